The van der Waals surface area contributed by atoms with Crippen LogP contribution in [0.1, 0.15) is 23.7 Å². The van der Waals surface area contributed by atoms with Crippen LogP contribution < -0.4 is 0 Å². The molecule has 0 bridgehead atoms. The maximum Gasteiger partial charge on any atom is 0.108 e. The van der Waals surface area contributed by atoms with Crippen LogP contribution in [0.15, 0.2) is 60.7 Å². The molecule has 0 spiro atoms. The second-order valence-corrected chi connectivity index (χ2v) is 5.51. The molecular formula is C18H21NO. The number of hydrogen-bond donors (Lipinski definition) is 0. The van der Waals surface area contributed by atoms with Gasteiger partial charge >= 0.3 is 0 Å². The van der Waals surface area contributed by atoms with Crippen molar-refractivity contribution in [3.8, 4) is 0 Å². The van der Waals surface area contributed by atoms with Gasteiger partial charge in [-0.15, -0.1) is 0 Å². The van der Waals surface area contributed by atoms with Gasteiger partial charge in [0.25, 0.3) is 0 Å². The van der Waals surface area contributed by atoms with Gasteiger partial charge in [0, 0.05) is 13.1 Å². The first-order valence-electron chi connectivity index (χ1n) is 7.27. The summed E-state index contributed by atoms with van der Waals surface area (Å²) in [6.45, 7) is 2.15. The molecule has 2 heteroatoms. The molecule has 20 heavy (non-hydrogen) atoms. The zero-order valence-electron chi connectivity index (χ0n) is 11.9. The average molecular weight is 267 g/mol. The maximum absolute atomic E-state index is 6.41. The third-order valence-corrected chi connectivity index (χ3v) is 3.88. The number of benzene rings is 2. The minimum atomic E-state index is 0.0360. The van der Waals surface area contributed by atoms with Crippen molar-refractivity contribution in [1.29, 1.82) is 0 Å². The molecule has 0 amide bonds. The van der Waals surface area contributed by atoms with Crippen LogP contribution in [0.25, 0.3) is 0 Å². The van der Waals surface area contributed by atoms with E-state index < -0.39 is 0 Å². The van der Waals surface area contributed by atoms with Crippen molar-refractivity contribution in [1.82, 2.24) is 4.90 Å². The van der Waals surface area contributed by atoms with E-state index >= 15 is 0 Å². The molecular weight excluding hydrogens is 246 g/mol. The molecule has 2 nitrogen and oxygen atoms in total. The van der Waals surface area contributed by atoms with E-state index in [1.165, 1.54) is 11.1 Å². The smallest absolute Gasteiger partial charge is 0.108 e. The SMILES string of the molecule is CN1CC[C@@H](OC(c2ccccc2)c2ccccc2)C1. The number of nitrogens with zero attached hydrogens (tertiary/aromatic N) is 1. The second-order valence-electron chi connectivity index (χ2n) is 5.51. The predicted molar refractivity (Wildman–Crippen MR) is 81.7 cm³/mol. The minimum Gasteiger partial charge on any atom is -0.364 e. The normalized spacial score (nSPS) is 19.6. The van der Waals surface area contributed by atoms with Crippen LogP contribution in [-0.4, -0.2) is 31.1 Å². The van der Waals surface area contributed by atoms with Crippen molar-refractivity contribution < 1.29 is 4.74 Å². The Morgan fingerprint density at radius 1 is 0.950 bits per heavy atom. The Balaban J connectivity index is 1.84. The van der Waals surface area contributed by atoms with Gasteiger partial charge in [0.15, 0.2) is 0 Å². The van der Waals surface area contributed by atoms with E-state index in [0.717, 1.165) is 19.5 Å². The Morgan fingerprint density at radius 3 is 1.95 bits per heavy atom. The molecule has 104 valence electrons. The number of likely N-dealkylation sites (N-methyl/N-ethyl adjacent to an activating group) is 1. The quantitative estimate of drug-likeness (QED) is 0.840. The van der Waals surface area contributed by atoms with Crippen LogP contribution in [0.5, 0.6) is 0 Å². The van der Waals surface area contributed by atoms with E-state index in [2.05, 4.69) is 72.6 Å². The Labute approximate surface area is 121 Å². The summed E-state index contributed by atoms with van der Waals surface area (Å²) in [5.74, 6) is 0. The van der Waals surface area contributed by atoms with Crippen molar-refractivity contribution in [2.45, 2.75) is 18.6 Å². The molecule has 2 aromatic carbocycles. The fourth-order valence-corrected chi connectivity index (χ4v) is 2.80. The predicted octanol–water partition coefficient (Wildman–Crippen LogP) is 3.50. The van der Waals surface area contributed by atoms with Crippen molar-refractivity contribution in [3.05, 3.63) is 71.8 Å². The first-order chi connectivity index (χ1) is 9.83. The van der Waals surface area contributed by atoms with E-state index in [-0.39, 0.29) is 6.10 Å². The highest BCUT2D eigenvalue weighted by atomic mass is 16.5. The van der Waals surface area contributed by atoms with E-state index in [4.69, 9.17) is 4.74 Å². The summed E-state index contributed by atoms with van der Waals surface area (Å²) < 4.78 is 6.41. The van der Waals surface area contributed by atoms with Gasteiger partial charge < -0.3 is 9.64 Å². The first-order valence-corrected chi connectivity index (χ1v) is 7.27. The van der Waals surface area contributed by atoms with Gasteiger partial charge in [0.1, 0.15) is 6.10 Å². The number of ether oxygens (including phenoxy) is 1. The Kier molecular flexibility index (Phi) is 4.14. The van der Waals surface area contributed by atoms with Gasteiger partial charge in [-0.2, -0.15) is 0 Å². The van der Waals surface area contributed by atoms with Gasteiger partial charge in [0.05, 0.1) is 6.10 Å². The summed E-state index contributed by atoms with van der Waals surface area (Å²) in [4.78, 5) is 2.33. The summed E-state index contributed by atoms with van der Waals surface area (Å²) in [6.07, 6.45) is 1.48. The molecule has 0 saturated carbocycles. The zero-order valence-corrected chi connectivity index (χ0v) is 11.9. The van der Waals surface area contributed by atoms with Gasteiger partial charge in [-0.3, -0.25) is 0 Å². The molecule has 3 rings (SSSR count). The Bertz CT molecular complexity index is 486. The molecule has 0 aliphatic carbocycles. The maximum atomic E-state index is 6.41. The molecule has 1 saturated heterocycles. The third kappa shape index (κ3) is 3.09. The third-order valence-electron chi connectivity index (χ3n) is 3.88. The number of hydrogen-bond acceptors (Lipinski definition) is 2. The molecule has 1 aliphatic rings. The van der Waals surface area contributed by atoms with Gasteiger partial charge in [-0.25, -0.2) is 0 Å². The van der Waals surface area contributed by atoms with E-state index in [1.54, 1.807) is 0 Å². The van der Waals surface area contributed by atoms with Crippen molar-refractivity contribution >= 4 is 0 Å². The van der Waals surface area contributed by atoms with Crippen LogP contribution in [0, 0.1) is 0 Å². The lowest BCUT2D eigenvalue weighted by Gasteiger charge is -2.23. The highest BCUT2D eigenvalue weighted by molar-refractivity contribution is 5.30. The van der Waals surface area contributed by atoms with Crippen LogP contribution >= 0.6 is 0 Å². The summed E-state index contributed by atoms with van der Waals surface area (Å²) in [7, 11) is 2.16. The second kappa shape index (κ2) is 6.21. The lowest BCUT2D eigenvalue weighted by molar-refractivity contribution is 0.0155. The lowest BCUT2D eigenvalue weighted by Crippen LogP contribution is -2.21. The fourth-order valence-electron chi connectivity index (χ4n) is 2.80. The van der Waals surface area contributed by atoms with Gasteiger partial charge in [-0.1, -0.05) is 60.7 Å². The molecule has 0 unspecified atom stereocenters. The largest absolute Gasteiger partial charge is 0.364 e. The monoisotopic (exact) mass is 267 g/mol. The molecule has 2 aromatic rings. The van der Waals surface area contributed by atoms with Gasteiger partial charge in [0.2, 0.25) is 0 Å². The summed E-state index contributed by atoms with van der Waals surface area (Å²) >= 11 is 0. The number of likely N-dealkylation sites (tertiary alicyclic amines) is 1. The van der Waals surface area contributed by atoms with Crippen LogP contribution in [0.4, 0.5) is 0 Å². The first kappa shape index (κ1) is 13.3. The van der Waals surface area contributed by atoms with Crippen LogP contribution in [0.2, 0.25) is 0 Å². The fraction of sp³-hybridized carbons (Fsp3) is 0.333. The molecule has 1 atom stereocenters. The van der Waals surface area contributed by atoms with Crippen LogP contribution in [-0.2, 0) is 4.74 Å². The Hall–Kier alpha value is -1.64. The molecule has 1 aliphatic heterocycles. The lowest BCUT2D eigenvalue weighted by atomic mass is 10.0. The highest BCUT2D eigenvalue weighted by Crippen LogP contribution is 2.29. The summed E-state index contributed by atoms with van der Waals surface area (Å²) in [5.41, 5.74) is 2.46. The summed E-state index contributed by atoms with van der Waals surface area (Å²) in [6, 6.07) is 21.0. The zero-order chi connectivity index (χ0) is 13.8. The molecule has 0 N–H and O–H groups in total. The standard InChI is InChI=1S/C18H21NO/c1-19-13-12-17(14-19)20-18(15-8-4-2-5-9-15)16-10-6-3-7-11-16/h2-11,17-18H,12-14H2,1H3/t17-/m1/s1. The molecule has 0 radical (unpaired) electrons. The molecule has 1 heterocycles. The van der Waals surface area contributed by atoms with E-state index in [1.807, 2.05) is 0 Å². The average Bonchev–Trinajstić information content (AvgIpc) is 2.92. The van der Waals surface area contributed by atoms with E-state index in [9.17, 15) is 0 Å². The number of rotatable bonds is 4. The van der Waals surface area contributed by atoms with Crippen molar-refractivity contribution in [2.75, 3.05) is 20.1 Å². The summed E-state index contributed by atoms with van der Waals surface area (Å²) in [5, 5.41) is 0. The van der Waals surface area contributed by atoms with Crippen LogP contribution in [0.3, 0.4) is 0 Å². The molecule has 0 aromatic heterocycles. The van der Waals surface area contributed by atoms with Crippen molar-refractivity contribution in [2.24, 2.45) is 0 Å². The molecule has 1 fully saturated rings. The van der Waals surface area contributed by atoms with E-state index in [0.29, 0.717) is 6.10 Å². The Morgan fingerprint density at radius 2 is 1.50 bits per heavy atom. The highest BCUT2D eigenvalue weighted by Gasteiger charge is 2.25. The van der Waals surface area contributed by atoms with Crippen molar-refractivity contribution in [3.63, 3.8) is 0 Å². The minimum absolute atomic E-state index is 0.0360. The topological polar surface area (TPSA) is 12.5 Å². The van der Waals surface area contributed by atoms with Gasteiger partial charge in [-0.05, 0) is 24.6 Å².